The standard InChI is InChI=1S/C21H23Cl2N3O2/c1-12(2)19-18(21(27)24-11-15-6-5-9-28-15)20(13(3)4)26(25-19)14-7-8-16(22)17(23)10-14/h5-10,12-13H,11H2,1-4H3,(H,24,27). The van der Waals surface area contributed by atoms with Gasteiger partial charge in [-0.1, -0.05) is 50.9 Å². The number of aromatic nitrogens is 2. The van der Waals surface area contributed by atoms with E-state index in [0.29, 0.717) is 27.9 Å². The number of amides is 1. The van der Waals surface area contributed by atoms with Crippen LogP contribution in [0.2, 0.25) is 10.0 Å². The van der Waals surface area contributed by atoms with Crippen molar-refractivity contribution in [1.29, 1.82) is 0 Å². The zero-order valence-corrected chi connectivity index (χ0v) is 17.8. The Morgan fingerprint density at radius 3 is 2.46 bits per heavy atom. The lowest BCUT2D eigenvalue weighted by Crippen LogP contribution is -2.25. The first-order chi connectivity index (χ1) is 13.3. The molecule has 1 aromatic carbocycles. The number of hydrogen-bond donors (Lipinski definition) is 1. The first-order valence-electron chi connectivity index (χ1n) is 9.18. The van der Waals surface area contributed by atoms with Gasteiger partial charge in [-0.05, 0) is 42.2 Å². The Morgan fingerprint density at radius 1 is 1.14 bits per heavy atom. The van der Waals surface area contributed by atoms with Crippen LogP contribution in [0.4, 0.5) is 0 Å². The van der Waals surface area contributed by atoms with Crippen LogP contribution in [-0.2, 0) is 6.54 Å². The summed E-state index contributed by atoms with van der Waals surface area (Å²) in [5, 5.41) is 8.63. The van der Waals surface area contributed by atoms with E-state index in [1.807, 2.05) is 39.8 Å². The molecular formula is C21H23Cl2N3O2. The van der Waals surface area contributed by atoms with Crippen molar-refractivity contribution in [3.05, 3.63) is 69.4 Å². The Labute approximate surface area is 174 Å². The van der Waals surface area contributed by atoms with Gasteiger partial charge in [0.25, 0.3) is 5.91 Å². The molecule has 0 aliphatic rings. The number of nitrogens with zero attached hydrogens (tertiary/aromatic N) is 2. The lowest BCUT2D eigenvalue weighted by Gasteiger charge is -2.13. The minimum absolute atomic E-state index is 0.0683. The summed E-state index contributed by atoms with van der Waals surface area (Å²) in [5.41, 5.74) is 2.94. The Morgan fingerprint density at radius 2 is 1.89 bits per heavy atom. The molecule has 2 heterocycles. The Kier molecular flexibility index (Phi) is 6.16. The molecule has 0 atom stereocenters. The van der Waals surface area contributed by atoms with Crippen molar-refractivity contribution < 1.29 is 9.21 Å². The fourth-order valence-electron chi connectivity index (χ4n) is 3.10. The van der Waals surface area contributed by atoms with E-state index >= 15 is 0 Å². The predicted octanol–water partition coefficient (Wildman–Crippen LogP) is 5.95. The number of furan rings is 1. The first kappa shape index (κ1) is 20.5. The molecule has 0 saturated carbocycles. The van der Waals surface area contributed by atoms with E-state index < -0.39 is 0 Å². The number of nitrogens with one attached hydrogen (secondary N) is 1. The number of benzene rings is 1. The molecule has 0 aliphatic carbocycles. The summed E-state index contributed by atoms with van der Waals surface area (Å²) in [6, 6.07) is 8.96. The van der Waals surface area contributed by atoms with Gasteiger partial charge in [0.2, 0.25) is 0 Å². The van der Waals surface area contributed by atoms with Gasteiger partial charge < -0.3 is 9.73 Å². The van der Waals surface area contributed by atoms with Crippen molar-refractivity contribution in [3.8, 4) is 5.69 Å². The Balaban J connectivity index is 2.08. The molecule has 2 aromatic heterocycles. The van der Waals surface area contributed by atoms with Crippen LogP contribution in [0.1, 0.15) is 67.0 Å². The van der Waals surface area contributed by atoms with Crippen molar-refractivity contribution in [1.82, 2.24) is 15.1 Å². The highest BCUT2D eigenvalue weighted by Gasteiger charge is 2.27. The van der Waals surface area contributed by atoms with Crippen molar-refractivity contribution in [2.24, 2.45) is 0 Å². The summed E-state index contributed by atoms with van der Waals surface area (Å²) in [6.07, 6.45) is 1.59. The second kappa shape index (κ2) is 8.41. The smallest absolute Gasteiger partial charge is 0.255 e. The van der Waals surface area contributed by atoms with Gasteiger partial charge >= 0.3 is 0 Å². The second-order valence-electron chi connectivity index (χ2n) is 7.23. The van der Waals surface area contributed by atoms with Gasteiger partial charge in [-0.3, -0.25) is 4.79 Å². The predicted molar refractivity (Wildman–Crippen MR) is 112 cm³/mol. The van der Waals surface area contributed by atoms with Crippen LogP contribution >= 0.6 is 23.2 Å². The van der Waals surface area contributed by atoms with Crippen LogP contribution in [0.3, 0.4) is 0 Å². The maximum absolute atomic E-state index is 13.1. The van der Waals surface area contributed by atoms with Crippen LogP contribution in [0.5, 0.6) is 0 Å². The number of carbonyl (C=O) groups is 1. The summed E-state index contributed by atoms with van der Waals surface area (Å²) in [7, 11) is 0. The van der Waals surface area contributed by atoms with E-state index in [1.165, 1.54) is 0 Å². The monoisotopic (exact) mass is 419 g/mol. The fraction of sp³-hybridized carbons (Fsp3) is 0.333. The highest BCUT2D eigenvalue weighted by atomic mass is 35.5. The average Bonchev–Trinajstić information content (AvgIpc) is 3.29. The maximum Gasteiger partial charge on any atom is 0.255 e. The van der Waals surface area contributed by atoms with Crippen molar-refractivity contribution in [2.45, 2.75) is 46.1 Å². The lowest BCUT2D eigenvalue weighted by atomic mass is 9.98. The maximum atomic E-state index is 13.1. The van der Waals surface area contributed by atoms with E-state index in [2.05, 4.69) is 5.32 Å². The molecular weight excluding hydrogens is 397 g/mol. The second-order valence-corrected chi connectivity index (χ2v) is 8.04. The van der Waals surface area contributed by atoms with Gasteiger partial charge in [0, 0.05) is 0 Å². The quantitative estimate of drug-likeness (QED) is 0.536. The third-order valence-corrected chi connectivity index (χ3v) is 5.16. The molecule has 1 N–H and O–H groups in total. The number of halogens is 2. The Bertz CT molecular complexity index is 976. The molecule has 5 nitrogen and oxygen atoms in total. The topological polar surface area (TPSA) is 60.1 Å². The molecule has 0 saturated heterocycles. The molecule has 7 heteroatoms. The molecule has 0 radical (unpaired) electrons. The SMILES string of the molecule is CC(C)c1nn(-c2ccc(Cl)c(Cl)c2)c(C(C)C)c1C(=O)NCc1ccco1. The van der Waals surface area contributed by atoms with Gasteiger partial charge in [-0.25, -0.2) is 4.68 Å². The molecule has 0 spiro atoms. The van der Waals surface area contributed by atoms with Crippen molar-refractivity contribution >= 4 is 29.1 Å². The van der Waals surface area contributed by atoms with E-state index in [4.69, 9.17) is 32.7 Å². The molecule has 148 valence electrons. The largest absolute Gasteiger partial charge is 0.467 e. The first-order valence-corrected chi connectivity index (χ1v) is 9.94. The summed E-state index contributed by atoms with van der Waals surface area (Å²) in [4.78, 5) is 13.1. The molecule has 0 unspecified atom stereocenters. The molecule has 0 fully saturated rings. The van der Waals surface area contributed by atoms with Gasteiger partial charge in [0.15, 0.2) is 0 Å². The normalized spacial score (nSPS) is 11.4. The highest BCUT2D eigenvalue weighted by Crippen LogP contribution is 2.32. The zero-order chi connectivity index (χ0) is 20.4. The lowest BCUT2D eigenvalue weighted by molar-refractivity contribution is 0.0945. The number of hydrogen-bond acceptors (Lipinski definition) is 3. The van der Waals surface area contributed by atoms with Crippen LogP contribution in [0.15, 0.2) is 41.0 Å². The molecule has 1 amide bonds. The van der Waals surface area contributed by atoms with E-state index in [-0.39, 0.29) is 17.7 Å². The van der Waals surface area contributed by atoms with Gasteiger partial charge in [-0.2, -0.15) is 5.10 Å². The minimum atomic E-state index is -0.171. The molecule has 3 rings (SSSR count). The third-order valence-electron chi connectivity index (χ3n) is 4.42. The Hall–Kier alpha value is -2.24. The van der Waals surface area contributed by atoms with Gasteiger partial charge in [0.1, 0.15) is 5.76 Å². The molecule has 28 heavy (non-hydrogen) atoms. The third kappa shape index (κ3) is 4.10. The number of rotatable bonds is 6. The van der Waals surface area contributed by atoms with Gasteiger partial charge in [-0.15, -0.1) is 0 Å². The zero-order valence-electron chi connectivity index (χ0n) is 16.3. The summed E-state index contributed by atoms with van der Waals surface area (Å²) in [5.74, 6) is 0.669. The van der Waals surface area contributed by atoms with Crippen LogP contribution in [0.25, 0.3) is 5.69 Å². The van der Waals surface area contributed by atoms with E-state index in [9.17, 15) is 4.79 Å². The number of carbonyl (C=O) groups excluding carboxylic acids is 1. The van der Waals surface area contributed by atoms with Crippen LogP contribution < -0.4 is 5.32 Å². The van der Waals surface area contributed by atoms with E-state index in [1.54, 1.807) is 29.1 Å². The average molecular weight is 420 g/mol. The molecule has 0 aliphatic heterocycles. The van der Waals surface area contributed by atoms with Crippen molar-refractivity contribution in [2.75, 3.05) is 0 Å². The van der Waals surface area contributed by atoms with E-state index in [0.717, 1.165) is 17.1 Å². The fourth-order valence-corrected chi connectivity index (χ4v) is 3.39. The minimum Gasteiger partial charge on any atom is -0.467 e. The summed E-state index contributed by atoms with van der Waals surface area (Å²) in [6.45, 7) is 8.44. The molecule has 0 bridgehead atoms. The summed E-state index contributed by atoms with van der Waals surface area (Å²) >= 11 is 12.3. The molecule has 3 aromatic rings. The highest BCUT2D eigenvalue weighted by molar-refractivity contribution is 6.42. The van der Waals surface area contributed by atoms with Crippen LogP contribution in [-0.4, -0.2) is 15.7 Å². The van der Waals surface area contributed by atoms with Gasteiger partial charge in [0.05, 0.1) is 45.5 Å². The van der Waals surface area contributed by atoms with Crippen LogP contribution in [0, 0.1) is 0 Å². The summed E-state index contributed by atoms with van der Waals surface area (Å²) < 4.78 is 7.11. The van der Waals surface area contributed by atoms with Crippen molar-refractivity contribution in [3.63, 3.8) is 0 Å².